The second-order valence-electron chi connectivity index (χ2n) is 8.30. The van der Waals surface area contributed by atoms with E-state index in [0.29, 0.717) is 5.69 Å². The highest BCUT2D eigenvalue weighted by molar-refractivity contribution is 7.03. The van der Waals surface area contributed by atoms with E-state index in [1.165, 1.54) is 0 Å². The fourth-order valence-corrected chi connectivity index (χ4v) is 3.70. The Labute approximate surface area is 187 Å². The summed E-state index contributed by atoms with van der Waals surface area (Å²) in [5.74, 6) is -0.601. The van der Waals surface area contributed by atoms with Crippen molar-refractivity contribution in [1.29, 1.82) is 0 Å². The molecule has 0 aliphatic rings. The van der Waals surface area contributed by atoms with Crippen molar-refractivity contribution in [3.63, 3.8) is 0 Å². The van der Waals surface area contributed by atoms with Gasteiger partial charge in [-0.2, -0.15) is 0 Å². The first-order valence-electron chi connectivity index (χ1n) is 10.3. The fraction of sp³-hybridized carbons (Fsp3) is 0.333. The van der Waals surface area contributed by atoms with E-state index in [1.807, 2.05) is 83.1 Å². The molecule has 6 nitrogen and oxygen atoms in total. The van der Waals surface area contributed by atoms with Crippen LogP contribution in [0.4, 0.5) is 5.69 Å². The molecule has 31 heavy (non-hydrogen) atoms. The summed E-state index contributed by atoms with van der Waals surface area (Å²) in [6.45, 7) is 9.87. The van der Waals surface area contributed by atoms with Gasteiger partial charge in [-0.05, 0) is 68.4 Å². The van der Waals surface area contributed by atoms with Crippen LogP contribution in [0.2, 0.25) is 0 Å². The first-order chi connectivity index (χ1) is 14.7. The molecule has 0 bridgehead atoms. The molecule has 2 amide bonds. The molecule has 0 saturated carbocycles. The standard InChI is InChI=1S/C24H28N4O2S/c1-6-24(4,5)25-22(29)21(18-10-8-7-9-11-18)28(23(30)19-15-31-27-26-19)20-14-16(2)12-13-17(20)3/h7-15,21H,6H2,1-5H3,(H,25,29). The summed E-state index contributed by atoms with van der Waals surface area (Å²) in [6, 6.07) is 14.4. The smallest absolute Gasteiger partial charge is 0.280 e. The number of carbonyl (C=O) groups excluding carboxylic acids is 2. The van der Waals surface area contributed by atoms with Crippen molar-refractivity contribution in [2.75, 3.05) is 4.90 Å². The second kappa shape index (κ2) is 9.39. The van der Waals surface area contributed by atoms with Crippen LogP contribution in [0, 0.1) is 13.8 Å². The molecule has 0 aliphatic carbocycles. The van der Waals surface area contributed by atoms with E-state index in [1.54, 1.807) is 10.3 Å². The maximum absolute atomic E-state index is 13.7. The zero-order valence-corrected chi connectivity index (χ0v) is 19.4. The van der Waals surface area contributed by atoms with Gasteiger partial charge < -0.3 is 5.32 Å². The Morgan fingerprint density at radius 2 is 1.84 bits per heavy atom. The van der Waals surface area contributed by atoms with Crippen molar-refractivity contribution in [2.45, 2.75) is 52.6 Å². The molecule has 3 rings (SSSR count). The minimum absolute atomic E-state index is 0.217. The van der Waals surface area contributed by atoms with Gasteiger partial charge in [0.2, 0.25) is 5.91 Å². The van der Waals surface area contributed by atoms with E-state index in [0.717, 1.165) is 34.6 Å². The number of amides is 2. The Morgan fingerprint density at radius 1 is 1.13 bits per heavy atom. The number of nitrogens with zero attached hydrogens (tertiary/aromatic N) is 3. The molecule has 0 fully saturated rings. The Hall–Kier alpha value is -3.06. The van der Waals surface area contributed by atoms with Crippen LogP contribution in [0.5, 0.6) is 0 Å². The highest BCUT2D eigenvalue weighted by Gasteiger charge is 2.36. The number of nitrogens with one attached hydrogen (secondary N) is 1. The van der Waals surface area contributed by atoms with Crippen LogP contribution in [0.15, 0.2) is 53.9 Å². The maximum Gasteiger partial charge on any atom is 0.280 e. The molecular weight excluding hydrogens is 408 g/mol. The number of carbonyl (C=O) groups is 2. The van der Waals surface area contributed by atoms with Gasteiger partial charge in [-0.3, -0.25) is 14.5 Å². The molecule has 1 aromatic heterocycles. The highest BCUT2D eigenvalue weighted by Crippen LogP contribution is 2.33. The SMILES string of the molecule is CCC(C)(C)NC(=O)C(c1ccccc1)N(C(=O)c1csnn1)c1cc(C)ccc1C. The Bertz CT molecular complexity index is 1050. The summed E-state index contributed by atoms with van der Waals surface area (Å²) in [4.78, 5) is 28.9. The van der Waals surface area contributed by atoms with Crippen LogP contribution in [0.3, 0.4) is 0 Å². The first-order valence-corrected chi connectivity index (χ1v) is 11.1. The average molecular weight is 437 g/mol. The molecule has 0 aliphatic heterocycles. The van der Waals surface area contributed by atoms with Gasteiger partial charge in [-0.25, -0.2) is 0 Å². The number of rotatable bonds is 7. The number of hydrogen-bond donors (Lipinski definition) is 1. The molecule has 1 heterocycles. The lowest BCUT2D eigenvalue weighted by Gasteiger charge is -2.35. The number of benzene rings is 2. The first kappa shape index (κ1) is 22.6. The summed E-state index contributed by atoms with van der Waals surface area (Å²) in [7, 11) is 0. The second-order valence-corrected chi connectivity index (χ2v) is 8.90. The van der Waals surface area contributed by atoms with Crippen LogP contribution >= 0.6 is 11.5 Å². The van der Waals surface area contributed by atoms with E-state index >= 15 is 0 Å². The van der Waals surface area contributed by atoms with Crippen molar-refractivity contribution in [2.24, 2.45) is 0 Å². The third-order valence-electron chi connectivity index (χ3n) is 5.39. The van der Waals surface area contributed by atoms with Crippen molar-refractivity contribution in [1.82, 2.24) is 14.9 Å². The van der Waals surface area contributed by atoms with Crippen LogP contribution in [-0.4, -0.2) is 26.9 Å². The molecule has 1 atom stereocenters. The third kappa shape index (κ3) is 5.17. The van der Waals surface area contributed by atoms with Gasteiger partial charge in [0.1, 0.15) is 6.04 Å². The molecule has 0 radical (unpaired) electrons. The van der Waals surface area contributed by atoms with Crippen LogP contribution in [0.25, 0.3) is 0 Å². The molecule has 0 spiro atoms. The summed E-state index contributed by atoms with van der Waals surface area (Å²) in [5, 5.41) is 8.72. The fourth-order valence-electron chi connectivity index (χ4n) is 3.27. The normalized spacial score (nSPS) is 12.3. The topological polar surface area (TPSA) is 75.2 Å². The van der Waals surface area contributed by atoms with Gasteiger partial charge in [0.25, 0.3) is 5.91 Å². The average Bonchev–Trinajstić information content (AvgIpc) is 3.28. The van der Waals surface area contributed by atoms with Gasteiger partial charge in [0.15, 0.2) is 5.69 Å². The monoisotopic (exact) mass is 436 g/mol. The van der Waals surface area contributed by atoms with E-state index in [9.17, 15) is 9.59 Å². The number of aromatic nitrogens is 2. The van der Waals surface area contributed by atoms with Crippen LogP contribution < -0.4 is 10.2 Å². The van der Waals surface area contributed by atoms with E-state index in [-0.39, 0.29) is 17.5 Å². The molecular formula is C24H28N4O2S. The van der Waals surface area contributed by atoms with Crippen LogP contribution in [-0.2, 0) is 4.79 Å². The molecule has 7 heteroatoms. The van der Waals surface area contributed by atoms with Gasteiger partial charge in [-0.1, -0.05) is 53.9 Å². The Kier molecular flexibility index (Phi) is 6.85. The predicted octanol–water partition coefficient (Wildman–Crippen LogP) is 4.85. The number of aryl methyl sites for hydroxylation is 2. The summed E-state index contributed by atoms with van der Waals surface area (Å²) in [5.41, 5.74) is 3.10. The van der Waals surface area contributed by atoms with Gasteiger partial charge in [0.05, 0.1) is 0 Å². The highest BCUT2D eigenvalue weighted by atomic mass is 32.1. The maximum atomic E-state index is 13.7. The molecule has 0 saturated heterocycles. The van der Waals surface area contributed by atoms with E-state index < -0.39 is 11.6 Å². The van der Waals surface area contributed by atoms with E-state index in [4.69, 9.17) is 0 Å². The van der Waals surface area contributed by atoms with Crippen LogP contribution in [0.1, 0.15) is 60.4 Å². The van der Waals surface area contributed by atoms with Crippen molar-refractivity contribution in [3.8, 4) is 0 Å². The summed E-state index contributed by atoms with van der Waals surface area (Å²) < 4.78 is 3.85. The third-order valence-corrected chi connectivity index (χ3v) is 5.89. The minimum atomic E-state index is -0.860. The van der Waals surface area contributed by atoms with Crippen molar-refractivity contribution < 1.29 is 9.59 Å². The van der Waals surface area contributed by atoms with Gasteiger partial charge >= 0.3 is 0 Å². The Balaban J connectivity index is 2.20. The molecule has 1 N–H and O–H groups in total. The quantitative estimate of drug-likeness (QED) is 0.575. The largest absolute Gasteiger partial charge is 0.349 e. The molecule has 2 aromatic carbocycles. The minimum Gasteiger partial charge on any atom is -0.349 e. The van der Waals surface area contributed by atoms with Gasteiger partial charge in [0, 0.05) is 16.6 Å². The van der Waals surface area contributed by atoms with Crippen molar-refractivity contribution >= 4 is 29.0 Å². The lowest BCUT2D eigenvalue weighted by molar-refractivity contribution is -0.124. The number of anilines is 1. The van der Waals surface area contributed by atoms with Gasteiger partial charge in [-0.15, -0.1) is 5.10 Å². The molecule has 1 unspecified atom stereocenters. The molecule has 3 aromatic rings. The lowest BCUT2D eigenvalue weighted by Crippen LogP contribution is -2.50. The number of hydrogen-bond acceptors (Lipinski definition) is 5. The summed E-state index contributed by atoms with van der Waals surface area (Å²) >= 11 is 1.11. The van der Waals surface area contributed by atoms with E-state index in [2.05, 4.69) is 14.9 Å². The predicted molar refractivity (Wildman–Crippen MR) is 124 cm³/mol. The zero-order chi connectivity index (χ0) is 22.6. The Morgan fingerprint density at radius 3 is 2.45 bits per heavy atom. The zero-order valence-electron chi connectivity index (χ0n) is 18.5. The molecule has 162 valence electrons. The van der Waals surface area contributed by atoms with Crippen molar-refractivity contribution in [3.05, 3.63) is 76.3 Å². The lowest BCUT2D eigenvalue weighted by atomic mass is 9.97. The summed E-state index contributed by atoms with van der Waals surface area (Å²) in [6.07, 6.45) is 0.758.